The molecule has 1 aromatic rings. The summed E-state index contributed by atoms with van der Waals surface area (Å²) in [5.74, 6) is -0.510. The maximum absolute atomic E-state index is 12.5. The van der Waals surface area contributed by atoms with Gasteiger partial charge < -0.3 is 9.64 Å². The number of carbonyl (C=O) groups excluding carboxylic acids is 2. The molecule has 0 aromatic heterocycles. The van der Waals surface area contributed by atoms with Gasteiger partial charge >= 0.3 is 5.97 Å². The van der Waals surface area contributed by atoms with Crippen molar-refractivity contribution in [1.82, 2.24) is 9.21 Å². The van der Waals surface area contributed by atoms with Gasteiger partial charge in [-0.1, -0.05) is 39.3 Å². The Morgan fingerprint density at radius 1 is 1.04 bits per heavy atom. The quantitative estimate of drug-likeness (QED) is 0.530. The Labute approximate surface area is 172 Å². The van der Waals surface area contributed by atoms with E-state index in [1.165, 1.54) is 31.3 Å². The molecule has 0 aliphatic carbocycles. The lowest BCUT2D eigenvalue weighted by molar-refractivity contribution is -0.152. The summed E-state index contributed by atoms with van der Waals surface area (Å²) in [7, 11) is -2.58. The number of esters is 1. The van der Waals surface area contributed by atoms with Crippen LogP contribution in [0.2, 0.25) is 5.02 Å². The fraction of sp³-hybridized carbons (Fsp3) is 0.579. The summed E-state index contributed by atoms with van der Waals surface area (Å²) in [6.07, 6.45) is 0. The molecule has 158 valence electrons. The number of sulfonamides is 1. The predicted octanol–water partition coefficient (Wildman–Crippen LogP) is 2.64. The molecule has 28 heavy (non-hydrogen) atoms. The Balaban J connectivity index is 2.65. The van der Waals surface area contributed by atoms with Crippen molar-refractivity contribution in [3.63, 3.8) is 0 Å². The van der Waals surface area contributed by atoms with Crippen molar-refractivity contribution in [2.24, 2.45) is 11.8 Å². The third-order valence-corrected chi connectivity index (χ3v) is 5.82. The minimum absolute atomic E-state index is 0.0170. The van der Waals surface area contributed by atoms with Gasteiger partial charge in [-0.15, -0.1) is 0 Å². The minimum Gasteiger partial charge on any atom is -0.455 e. The second kappa shape index (κ2) is 10.8. The molecule has 0 fully saturated rings. The molecule has 0 saturated heterocycles. The zero-order valence-electron chi connectivity index (χ0n) is 17.0. The minimum atomic E-state index is -3.86. The summed E-state index contributed by atoms with van der Waals surface area (Å²) in [5.41, 5.74) is 0. The van der Waals surface area contributed by atoms with E-state index in [0.717, 1.165) is 4.31 Å². The SMILES string of the molecule is CC(C)CN(CC(C)C)C(=O)COC(=O)CN(C)S(=O)(=O)c1ccc(Cl)cc1. The van der Waals surface area contributed by atoms with Gasteiger partial charge in [0.25, 0.3) is 5.91 Å². The van der Waals surface area contributed by atoms with Crippen LogP contribution in [0, 0.1) is 11.8 Å². The van der Waals surface area contributed by atoms with Crippen molar-refractivity contribution in [3.8, 4) is 0 Å². The molecule has 0 atom stereocenters. The molecule has 0 unspecified atom stereocenters. The van der Waals surface area contributed by atoms with Crippen molar-refractivity contribution in [2.45, 2.75) is 32.6 Å². The van der Waals surface area contributed by atoms with Crippen LogP contribution in [0.3, 0.4) is 0 Å². The third kappa shape index (κ3) is 7.77. The van der Waals surface area contributed by atoms with Crippen LogP contribution in [0.4, 0.5) is 0 Å². The summed E-state index contributed by atoms with van der Waals surface area (Å²) >= 11 is 5.77. The van der Waals surface area contributed by atoms with Gasteiger partial charge in [-0.2, -0.15) is 4.31 Å². The molecule has 1 amide bonds. The zero-order valence-corrected chi connectivity index (χ0v) is 18.6. The Morgan fingerprint density at radius 2 is 1.54 bits per heavy atom. The van der Waals surface area contributed by atoms with Crippen molar-refractivity contribution in [3.05, 3.63) is 29.3 Å². The van der Waals surface area contributed by atoms with Crippen molar-refractivity contribution < 1.29 is 22.7 Å². The summed E-state index contributed by atoms with van der Waals surface area (Å²) in [4.78, 5) is 26.1. The van der Waals surface area contributed by atoms with Gasteiger partial charge in [-0.05, 0) is 36.1 Å². The number of benzene rings is 1. The Kier molecular flexibility index (Phi) is 9.39. The van der Waals surface area contributed by atoms with Gasteiger partial charge in [0.15, 0.2) is 6.61 Å². The molecule has 1 aromatic carbocycles. The lowest BCUT2D eigenvalue weighted by atomic mass is 10.1. The van der Waals surface area contributed by atoms with Crippen molar-refractivity contribution >= 4 is 33.5 Å². The zero-order chi connectivity index (χ0) is 21.5. The average molecular weight is 433 g/mol. The first-order valence-electron chi connectivity index (χ1n) is 9.08. The first-order valence-corrected chi connectivity index (χ1v) is 10.9. The van der Waals surface area contributed by atoms with E-state index in [2.05, 4.69) is 0 Å². The fourth-order valence-electron chi connectivity index (χ4n) is 2.49. The van der Waals surface area contributed by atoms with Crippen molar-refractivity contribution in [1.29, 1.82) is 0 Å². The number of nitrogens with zero attached hydrogens (tertiary/aromatic N) is 2. The number of hydrogen-bond donors (Lipinski definition) is 0. The molecule has 7 nitrogen and oxygen atoms in total. The molecular weight excluding hydrogens is 404 g/mol. The van der Waals surface area contributed by atoms with E-state index < -0.39 is 29.1 Å². The molecule has 0 bridgehead atoms. The largest absolute Gasteiger partial charge is 0.455 e. The van der Waals surface area contributed by atoms with E-state index in [1.54, 1.807) is 4.90 Å². The summed E-state index contributed by atoms with van der Waals surface area (Å²) in [5, 5.41) is 0.409. The number of rotatable bonds is 10. The Bertz CT molecular complexity index is 753. The number of likely N-dealkylation sites (N-methyl/N-ethyl adjacent to an activating group) is 1. The highest BCUT2D eigenvalue weighted by molar-refractivity contribution is 7.89. The van der Waals surface area contributed by atoms with Gasteiger partial charge in [-0.3, -0.25) is 9.59 Å². The molecule has 0 N–H and O–H groups in total. The molecule has 0 saturated carbocycles. The smallest absolute Gasteiger partial charge is 0.321 e. The molecular formula is C19H29ClN2O5S. The number of ether oxygens (including phenoxy) is 1. The van der Waals surface area contributed by atoms with E-state index in [9.17, 15) is 18.0 Å². The van der Waals surface area contributed by atoms with Crippen LogP contribution in [0.5, 0.6) is 0 Å². The van der Waals surface area contributed by atoms with Gasteiger partial charge in [-0.25, -0.2) is 8.42 Å². The molecule has 1 rings (SSSR count). The molecule has 0 aliphatic rings. The topological polar surface area (TPSA) is 84.0 Å². The standard InChI is InChI=1S/C19H29ClN2O5S/c1-14(2)10-22(11-15(3)4)18(23)13-27-19(24)12-21(5)28(25,26)17-8-6-16(20)7-9-17/h6-9,14-15H,10-13H2,1-5H3. The van der Waals surface area contributed by atoms with E-state index in [4.69, 9.17) is 16.3 Å². The summed E-state index contributed by atoms with van der Waals surface area (Å²) < 4.78 is 30.8. The highest BCUT2D eigenvalue weighted by atomic mass is 35.5. The monoisotopic (exact) mass is 432 g/mol. The lowest BCUT2D eigenvalue weighted by Crippen LogP contribution is -2.40. The van der Waals surface area contributed by atoms with Crippen LogP contribution >= 0.6 is 11.6 Å². The maximum Gasteiger partial charge on any atom is 0.321 e. The fourth-order valence-corrected chi connectivity index (χ4v) is 3.73. The van der Waals surface area contributed by atoms with E-state index in [-0.39, 0.29) is 22.6 Å². The maximum atomic E-state index is 12.5. The number of halogens is 1. The second-order valence-electron chi connectivity index (χ2n) is 7.46. The Hall–Kier alpha value is -1.64. The number of carbonyl (C=O) groups is 2. The predicted molar refractivity (Wildman–Crippen MR) is 108 cm³/mol. The highest BCUT2D eigenvalue weighted by Crippen LogP contribution is 2.17. The first kappa shape index (κ1) is 24.4. The Morgan fingerprint density at radius 3 is 2.00 bits per heavy atom. The molecule has 0 aliphatic heterocycles. The average Bonchev–Trinajstić information content (AvgIpc) is 2.58. The number of hydrogen-bond acceptors (Lipinski definition) is 5. The van der Waals surface area contributed by atoms with Crippen LogP contribution in [0.1, 0.15) is 27.7 Å². The van der Waals surface area contributed by atoms with E-state index >= 15 is 0 Å². The van der Waals surface area contributed by atoms with Crippen molar-refractivity contribution in [2.75, 3.05) is 33.3 Å². The highest BCUT2D eigenvalue weighted by Gasteiger charge is 2.24. The normalized spacial score (nSPS) is 11.9. The number of amides is 1. The summed E-state index contributed by atoms with van der Waals surface area (Å²) in [6.45, 7) is 8.25. The first-order chi connectivity index (χ1) is 12.9. The van der Waals surface area contributed by atoms with Gasteiger partial charge in [0.05, 0.1) is 4.90 Å². The van der Waals surface area contributed by atoms with Gasteiger partial charge in [0.1, 0.15) is 6.54 Å². The molecule has 0 heterocycles. The van der Waals surface area contributed by atoms with Crippen LogP contribution in [0.15, 0.2) is 29.2 Å². The molecule has 0 spiro atoms. The van der Waals surface area contributed by atoms with Crippen LogP contribution in [0.25, 0.3) is 0 Å². The van der Waals surface area contributed by atoms with Gasteiger partial charge in [0.2, 0.25) is 10.0 Å². The van der Waals surface area contributed by atoms with Gasteiger partial charge in [0, 0.05) is 25.2 Å². The summed E-state index contributed by atoms with van der Waals surface area (Å²) in [6, 6.07) is 5.63. The third-order valence-electron chi connectivity index (χ3n) is 3.75. The van der Waals surface area contributed by atoms with Crippen LogP contribution < -0.4 is 0 Å². The molecule has 0 radical (unpaired) electrons. The second-order valence-corrected chi connectivity index (χ2v) is 9.94. The molecule has 9 heteroatoms. The lowest BCUT2D eigenvalue weighted by Gasteiger charge is -2.26. The van der Waals surface area contributed by atoms with Crippen LogP contribution in [-0.4, -0.2) is 62.8 Å². The van der Waals surface area contributed by atoms with E-state index in [1.807, 2.05) is 27.7 Å². The van der Waals surface area contributed by atoms with Crippen LogP contribution in [-0.2, 0) is 24.3 Å². The van der Waals surface area contributed by atoms with E-state index in [0.29, 0.717) is 18.1 Å².